The minimum absolute atomic E-state index is 0.516. The first-order valence-corrected chi connectivity index (χ1v) is 8.40. The summed E-state index contributed by atoms with van der Waals surface area (Å²) in [5.41, 5.74) is 0.890. The molecule has 3 rings (SSSR count). The van der Waals surface area contributed by atoms with Crippen LogP contribution in [-0.4, -0.2) is 45.8 Å². The first kappa shape index (κ1) is 14.4. The summed E-state index contributed by atoms with van der Waals surface area (Å²) in [6.45, 7) is 5.81. The highest BCUT2D eigenvalue weighted by Gasteiger charge is 2.19. The molecule has 21 heavy (non-hydrogen) atoms. The predicted octanol–water partition coefficient (Wildman–Crippen LogP) is 2.89. The highest BCUT2D eigenvalue weighted by molar-refractivity contribution is 7.18. The molecule has 0 radical (unpaired) electrons. The van der Waals surface area contributed by atoms with Gasteiger partial charge in [0, 0.05) is 25.3 Å². The highest BCUT2D eigenvalue weighted by Crippen LogP contribution is 2.26. The monoisotopic (exact) mass is 303 g/mol. The molecule has 112 valence electrons. The number of hydrogen-bond acceptors (Lipinski definition) is 6. The standard InChI is InChI=1S/C15H21N5S/c1-2-9-20-10-6-12(7-11-20)17-15-19-18-14(21-15)13-5-3-4-8-16-13/h3-5,8,12H,2,6-7,9-11H2,1H3,(H,17,19). The van der Waals surface area contributed by atoms with E-state index in [1.54, 1.807) is 17.5 Å². The molecular formula is C15H21N5S. The third kappa shape index (κ3) is 3.77. The van der Waals surface area contributed by atoms with E-state index in [0.717, 1.165) is 15.8 Å². The van der Waals surface area contributed by atoms with Crippen LogP contribution in [0.4, 0.5) is 5.13 Å². The largest absolute Gasteiger partial charge is 0.357 e. The second-order valence-electron chi connectivity index (χ2n) is 5.39. The molecule has 1 N–H and O–H groups in total. The van der Waals surface area contributed by atoms with Gasteiger partial charge in [0.25, 0.3) is 0 Å². The Bertz CT molecular complexity index is 548. The summed E-state index contributed by atoms with van der Waals surface area (Å²) in [6, 6.07) is 6.37. The van der Waals surface area contributed by atoms with Gasteiger partial charge in [-0.3, -0.25) is 4.98 Å². The minimum atomic E-state index is 0.516. The van der Waals surface area contributed by atoms with Crippen LogP contribution in [0, 0.1) is 0 Å². The van der Waals surface area contributed by atoms with Gasteiger partial charge in [-0.05, 0) is 37.9 Å². The number of nitrogens with zero attached hydrogens (tertiary/aromatic N) is 4. The fourth-order valence-corrected chi connectivity index (χ4v) is 3.46. The number of rotatable bonds is 5. The van der Waals surface area contributed by atoms with Crippen molar-refractivity contribution < 1.29 is 0 Å². The third-order valence-corrected chi connectivity index (χ3v) is 4.64. The van der Waals surface area contributed by atoms with Crippen molar-refractivity contribution in [1.82, 2.24) is 20.1 Å². The molecule has 1 fully saturated rings. The predicted molar refractivity (Wildman–Crippen MR) is 86.5 cm³/mol. The Morgan fingerprint density at radius 1 is 1.29 bits per heavy atom. The Morgan fingerprint density at radius 2 is 2.14 bits per heavy atom. The van der Waals surface area contributed by atoms with Crippen LogP contribution in [0.15, 0.2) is 24.4 Å². The van der Waals surface area contributed by atoms with E-state index in [0.29, 0.717) is 6.04 Å². The number of pyridine rings is 1. The Labute approximate surface area is 129 Å². The lowest BCUT2D eigenvalue weighted by molar-refractivity contribution is 0.219. The van der Waals surface area contributed by atoms with Gasteiger partial charge < -0.3 is 10.2 Å². The van der Waals surface area contributed by atoms with Crippen molar-refractivity contribution in [3.05, 3.63) is 24.4 Å². The molecule has 1 aliphatic rings. The summed E-state index contributed by atoms with van der Waals surface area (Å²) in [6.07, 6.45) is 5.38. The van der Waals surface area contributed by atoms with Gasteiger partial charge in [0.2, 0.25) is 5.13 Å². The molecule has 0 unspecified atom stereocenters. The van der Waals surface area contributed by atoms with E-state index < -0.39 is 0 Å². The molecule has 2 aromatic rings. The van der Waals surface area contributed by atoms with Gasteiger partial charge in [0.15, 0.2) is 5.01 Å². The Hall–Kier alpha value is -1.53. The maximum Gasteiger partial charge on any atom is 0.206 e. The van der Waals surface area contributed by atoms with Gasteiger partial charge >= 0.3 is 0 Å². The smallest absolute Gasteiger partial charge is 0.206 e. The Balaban J connectivity index is 1.56. The van der Waals surface area contributed by atoms with E-state index in [1.165, 1.54) is 38.9 Å². The molecule has 0 bridgehead atoms. The molecule has 0 saturated carbocycles. The fourth-order valence-electron chi connectivity index (χ4n) is 2.67. The molecule has 3 heterocycles. The summed E-state index contributed by atoms with van der Waals surface area (Å²) < 4.78 is 0. The van der Waals surface area contributed by atoms with Crippen molar-refractivity contribution in [2.75, 3.05) is 25.0 Å². The minimum Gasteiger partial charge on any atom is -0.357 e. The van der Waals surface area contributed by atoms with Crippen LogP contribution in [0.1, 0.15) is 26.2 Å². The molecule has 1 saturated heterocycles. The first-order valence-electron chi connectivity index (χ1n) is 7.59. The number of hydrogen-bond donors (Lipinski definition) is 1. The van der Waals surface area contributed by atoms with Crippen molar-refractivity contribution >= 4 is 16.5 Å². The van der Waals surface area contributed by atoms with Crippen molar-refractivity contribution in [3.8, 4) is 10.7 Å². The number of piperidine rings is 1. The zero-order valence-corrected chi connectivity index (χ0v) is 13.1. The lowest BCUT2D eigenvalue weighted by atomic mass is 10.1. The summed E-state index contributed by atoms with van der Waals surface area (Å²) >= 11 is 1.58. The second-order valence-corrected chi connectivity index (χ2v) is 6.37. The van der Waals surface area contributed by atoms with E-state index >= 15 is 0 Å². The molecule has 6 heteroatoms. The molecular weight excluding hydrogens is 282 g/mol. The van der Waals surface area contributed by atoms with Crippen LogP contribution in [0.2, 0.25) is 0 Å². The maximum absolute atomic E-state index is 4.31. The number of likely N-dealkylation sites (tertiary alicyclic amines) is 1. The summed E-state index contributed by atoms with van der Waals surface area (Å²) in [5.74, 6) is 0. The van der Waals surface area contributed by atoms with Gasteiger partial charge in [-0.25, -0.2) is 0 Å². The second kappa shape index (κ2) is 6.95. The molecule has 0 atom stereocenters. The molecule has 0 aromatic carbocycles. The molecule has 2 aromatic heterocycles. The van der Waals surface area contributed by atoms with Crippen LogP contribution < -0.4 is 5.32 Å². The molecule has 5 nitrogen and oxygen atoms in total. The average molecular weight is 303 g/mol. The van der Waals surface area contributed by atoms with Crippen LogP contribution in [0.3, 0.4) is 0 Å². The maximum atomic E-state index is 4.31. The van der Waals surface area contributed by atoms with Crippen LogP contribution in [0.25, 0.3) is 10.7 Å². The lowest BCUT2D eigenvalue weighted by Gasteiger charge is -2.31. The fraction of sp³-hybridized carbons (Fsp3) is 0.533. The highest BCUT2D eigenvalue weighted by atomic mass is 32.1. The van der Waals surface area contributed by atoms with Crippen molar-refractivity contribution in [2.24, 2.45) is 0 Å². The number of anilines is 1. The van der Waals surface area contributed by atoms with Crippen molar-refractivity contribution in [3.63, 3.8) is 0 Å². The van der Waals surface area contributed by atoms with E-state index in [2.05, 4.69) is 32.3 Å². The zero-order valence-electron chi connectivity index (χ0n) is 12.3. The van der Waals surface area contributed by atoms with Crippen LogP contribution in [0.5, 0.6) is 0 Å². The quantitative estimate of drug-likeness (QED) is 0.920. The first-order chi connectivity index (χ1) is 10.3. The van der Waals surface area contributed by atoms with E-state index in [9.17, 15) is 0 Å². The van der Waals surface area contributed by atoms with Crippen molar-refractivity contribution in [2.45, 2.75) is 32.2 Å². The summed E-state index contributed by atoms with van der Waals surface area (Å²) in [5, 5.41) is 13.8. The summed E-state index contributed by atoms with van der Waals surface area (Å²) in [7, 11) is 0. The van der Waals surface area contributed by atoms with Crippen molar-refractivity contribution in [1.29, 1.82) is 0 Å². The van der Waals surface area contributed by atoms with E-state index in [4.69, 9.17) is 0 Å². The van der Waals surface area contributed by atoms with Crippen LogP contribution in [-0.2, 0) is 0 Å². The average Bonchev–Trinajstić information content (AvgIpc) is 2.99. The van der Waals surface area contributed by atoms with Gasteiger partial charge in [0.1, 0.15) is 5.69 Å². The van der Waals surface area contributed by atoms with Gasteiger partial charge in [-0.2, -0.15) is 0 Å². The van der Waals surface area contributed by atoms with E-state index in [1.807, 2.05) is 18.2 Å². The Kier molecular flexibility index (Phi) is 4.77. The SMILES string of the molecule is CCCN1CCC(Nc2nnc(-c3ccccn3)s2)CC1. The third-order valence-electron chi connectivity index (χ3n) is 3.76. The molecule has 0 amide bonds. The number of aromatic nitrogens is 3. The summed E-state index contributed by atoms with van der Waals surface area (Å²) in [4.78, 5) is 6.85. The molecule has 0 aliphatic carbocycles. The topological polar surface area (TPSA) is 53.9 Å². The van der Waals surface area contributed by atoms with Gasteiger partial charge in [0.05, 0.1) is 0 Å². The van der Waals surface area contributed by atoms with Gasteiger partial charge in [-0.15, -0.1) is 10.2 Å². The van der Waals surface area contributed by atoms with Gasteiger partial charge in [-0.1, -0.05) is 24.3 Å². The number of nitrogens with one attached hydrogen (secondary N) is 1. The lowest BCUT2D eigenvalue weighted by Crippen LogP contribution is -2.39. The normalized spacial score (nSPS) is 17.0. The van der Waals surface area contributed by atoms with E-state index in [-0.39, 0.29) is 0 Å². The molecule has 0 spiro atoms. The Morgan fingerprint density at radius 3 is 2.86 bits per heavy atom. The van der Waals surface area contributed by atoms with Crippen LogP contribution >= 0.6 is 11.3 Å². The molecule has 1 aliphatic heterocycles. The zero-order chi connectivity index (χ0) is 14.5.